The Bertz CT molecular complexity index is 664. The first-order valence-electron chi connectivity index (χ1n) is 13.9. The number of hydrogen-bond acceptors (Lipinski definition) is 4. The van der Waals surface area contributed by atoms with E-state index in [0.29, 0.717) is 25.0 Å². The van der Waals surface area contributed by atoms with Gasteiger partial charge >= 0.3 is 0 Å². The third-order valence-electron chi connectivity index (χ3n) is 10.5. The molecule has 1 aliphatic heterocycles. The minimum Gasteiger partial charge on any atom is -0.368 e. The number of aliphatic hydroxyl groups is 1. The van der Waals surface area contributed by atoms with E-state index in [4.69, 9.17) is 14.2 Å². The molecular weight excluding hydrogens is 400 g/mol. The largest absolute Gasteiger partial charge is 0.368 e. The van der Waals surface area contributed by atoms with Crippen molar-refractivity contribution < 1.29 is 19.3 Å². The van der Waals surface area contributed by atoms with Gasteiger partial charge in [0.1, 0.15) is 6.10 Å². The van der Waals surface area contributed by atoms with Crippen LogP contribution < -0.4 is 0 Å². The van der Waals surface area contributed by atoms with Crippen LogP contribution in [0.25, 0.3) is 0 Å². The van der Waals surface area contributed by atoms with Crippen molar-refractivity contribution in [1.82, 2.24) is 0 Å². The molecule has 4 nitrogen and oxygen atoms in total. The predicted molar refractivity (Wildman–Crippen MR) is 126 cm³/mol. The highest BCUT2D eigenvalue weighted by Gasteiger charge is 2.68. The van der Waals surface area contributed by atoms with E-state index in [2.05, 4.69) is 34.6 Å². The summed E-state index contributed by atoms with van der Waals surface area (Å²) in [6, 6.07) is 0. The molecule has 0 amide bonds. The van der Waals surface area contributed by atoms with Gasteiger partial charge in [0.25, 0.3) is 0 Å². The molecule has 0 spiro atoms. The summed E-state index contributed by atoms with van der Waals surface area (Å²) >= 11 is 0. The molecule has 0 aromatic heterocycles. The van der Waals surface area contributed by atoms with Crippen LogP contribution in [0.4, 0.5) is 0 Å². The van der Waals surface area contributed by atoms with Gasteiger partial charge in [0, 0.05) is 12.3 Å². The Balaban J connectivity index is 1.19. The van der Waals surface area contributed by atoms with Crippen LogP contribution in [0.5, 0.6) is 0 Å². The molecule has 32 heavy (non-hydrogen) atoms. The van der Waals surface area contributed by atoms with E-state index in [1.54, 1.807) is 0 Å². The lowest BCUT2D eigenvalue weighted by Gasteiger charge is -2.48. The van der Waals surface area contributed by atoms with Gasteiger partial charge in [-0.2, -0.15) is 0 Å². The van der Waals surface area contributed by atoms with E-state index in [0.717, 1.165) is 72.5 Å². The quantitative estimate of drug-likeness (QED) is 0.362. The maximum absolute atomic E-state index is 11.1. The predicted octanol–water partition coefficient (Wildman–Crippen LogP) is 5.73. The normalized spacial score (nSPS) is 50.2. The molecule has 4 bridgehead atoms. The second kappa shape index (κ2) is 8.81. The first-order valence-corrected chi connectivity index (χ1v) is 13.9. The molecule has 12 atom stereocenters. The minimum atomic E-state index is -0.644. The minimum absolute atomic E-state index is 0.0579. The van der Waals surface area contributed by atoms with Crippen LogP contribution in [0.1, 0.15) is 80.1 Å². The van der Waals surface area contributed by atoms with Gasteiger partial charge in [0.15, 0.2) is 12.1 Å². The van der Waals surface area contributed by atoms with Crippen molar-refractivity contribution in [3.05, 3.63) is 0 Å². The van der Waals surface area contributed by atoms with Gasteiger partial charge in [0.2, 0.25) is 0 Å². The van der Waals surface area contributed by atoms with Gasteiger partial charge in [-0.25, -0.2) is 0 Å². The zero-order valence-corrected chi connectivity index (χ0v) is 21.3. The third-order valence-corrected chi connectivity index (χ3v) is 10.5. The Kier molecular flexibility index (Phi) is 6.49. The SMILES string of the molecule is CCCCC1(C)OCC(COC(O)C2CC3CC2C2C4CC(C(C(C)C)C4C(C)C)C32)O1. The zero-order chi connectivity index (χ0) is 22.8. The lowest BCUT2D eigenvalue weighted by molar-refractivity contribution is -0.194. The highest BCUT2D eigenvalue weighted by Crippen LogP contribution is 2.73. The van der Waals surface area contributed by atoms with Crippen molar-refractivity contribution in [3.8, 4) is 0 Å². The summed E-state index contributed by atoms with van der Waals surface area (Å²) in [6.07, 6.45) is 6.44. The molecule has 0 radical (unpaired) electrons. The number of rotatable bonds is 9. The first kappa shape index (κ1) is 23.6. The Morgan fingerprint density at radius 1 is 0.969 bits per heavy atom. The first-order chi connectivity index (χ1) is 15.2. The van der Waals surface area contributed by atoms with E-state index >= 15 is 0 Å². The van der Waals surface area contributed by atoms with Crippen LogP contribution in [0.15, 0.2) is 0 Å². The number of aliphatic hydroxyl groups excluding tert-OH is 1. The van der Waals surface area contributed by atoms with Crippen molar-refractivity contribution in [1.29, 1.82) is 0 Å². The van der Waals surface area contributed by atoms with E-state index < -0.39 is 12.1 Å². The van der Waals surface area contributed by atoms with E-state index in [1.165, 1.54) is 19.3 Å². The van der Waals surface area contributed by atoms with Crippen LogP contribution in [0.2, 0.25) is 0 Å². The Morgan fingerprint density at radius 3 is 2.31 bits per heavy atom. The van der Waals surface area contributed by atoms with Crippen LogP contribution in [0.3, 0.4) is 0 Å². The molecule has 4 heteroatoms. The van der Waals surface area contributed by atoms with Gasteiger partial charge in [-0.3, -0.25) is 0 Å². The fraction of sp³-hybridized carbons (Fsp3) is 1.00. The highest BCUT2D eigenvalue weighted by atomic mass is 16.8. The molecule has 1 saturated heterocycles. The number of fused-ring (bicyclic) bond motifs is 9. The molecule has 1 N–H and O–H groups in total. The maximum Gasteiger partial charge on any atom is 0.166 e. The molecule has 12 unspecified atom stereocenters. The summed E-state index contributed by atoms with van der Waals surface area (Å²) < 4.78 is 18.2. The fourth-order valence-corrected chi connectivity index (χ4v) is 9.70. The number of ether oxygens (including phenoxy) is 3. The van der Waals surface area contributed by atoms with Gasteiger partial charge in [-0.05, 0) is 91.8 Å². The molecule has 1 heterocycles. The smallest absolute Gasteiger partial charge is 0.166 e. The summed E-state index contributed by atoms with van der Waals surface area (Å²) in [7, 11) is 0. The summed E-state index contributed by atoms with van der Waals surface area (Å²) in [5.41, 5.74) is 0. The average Bonchev–Trinajstić information content (AvgIpc) is 3.54. The second-order valence-electron chi connectivity index (χ2n) is 12.9. The number of unbranched alkanes of at least 4 members (excludes halogenated alkanes) is 1. The van der Waals surface area contributed by atoms with Gasteiger partial charge in [-0.15, -0.1) is 0 Å². The molecule has 5 fully saturated rings. The van der Waals surface area contributed by atoms with Crippen LogP contribution in [-0.4, -0.2) is 36.5 Å². The van der Waals surface area contributed by atoms with Crippen molar-refractivity contribution >= 4 is 0 Å². The van der Waals surface area contributed by atoms with Crippen LogP contribution in [-0.2, 0) is 14.2 Å². The molecule has 5 aliphatic rings. The van der Waals surface area contributed by atoms with E-state index in [-0.39, 0.29) is 6.10 Å². The van der Waals surface area contributed by atoms with Crippen LogP contribution in [0, 0.1) is 65.1 Å². The zero-order valence-electron chi connectivity index (χ0n) is 21.3. The van der Waals surface area contributed by atoms with Gasteiger partial charge in [0.05, 0.1) is 13.2 Å². The third kappa shape index (κ3) is 3.80. The van der Waals surface area contributed by atoms with Crippen molar-refractivity contribution in [2.45, 2.75) is 98.2 Å². The lowest BCUT2D eigenvalue weighted by Crippen LogP contribution is -2.45. The molecule has 4 saturated carbocycles. The number of hydrogen-bond donors (Lipinski definition) is 1. The Morgan fingerprint density at radius 2 is 1.66 bits per heavy atom. The topological polar surface area (TPSA) is 47.9 Å². The molecule has 0 aromatic rings. The summed E-state index contributed by atoms with van der Waals surface area (Å²) in [5.74, 6) is 8.30. The fourth-order valence-electron chi connectivity index (χ4n) is 9.70. The summed E-state index contributed by atoms with van der Waals surface area (Å²) in [6.45, 7) is 15.1. The van der Waals surface area contributed by atoms with Gasteiger partial charge in [-0.1, -0.05) is 41.0 Å². The van der Waals surface area contributed by atoms with Crippen molar-refractivity contribution in [2.24, 2.45) is 65.1 Å². The van der Waals surface area contributed by atoms with Crippen LogP contribution >= 0.6 is 0 Å². The van der Waals surface area contributed by atoms with E-state index in [9.17, 15) is 5.11 Å². The summed E-state index contributed by atoms with van der Waals surface area (Å²) in [5, 5.41) is 11.1. The molecule has 0 aromatic carbocycles. The molecule has 5 rings (SSSR count). The Labute approximate surface area is 196 Å². The maximum atomic E-state index is 11.1. The van der Waals surface area contributed by atoms with E-state index in [1.807, 2.05) is 6.92 Å². The molecule has 184 valence electrons. The lowest BCUT2D eigenvalue weighted by atomic mass is 9.57. The molecular formula is C28H48O4. The highest BCUT2D eigenvalue weighted by molar-refractivity contribution is 5.15. The van der Waals surface area contributed by atoms with Gasteiger partial charge < -0.3 is 19.3 Å². The van der Waals surface area contributed by atoms with Crippen molar-refractivity contribution in [2.75, 3.05) is 13.2 Å². The van der Waals surface area contributed by atoms with Crippen molar-refractivity contribution in [3.63, 3.8) is 0 Å². The standard InChI is InChI=1S/C28H48O4/c1-7-8-9-28(6)31-14-18(32-28)13-30-27(29)20-11-17-10-19(20)26-22-12-21(25(17)26)23(15(2)3)24(22)16(4)5/h15-27,29H,7-14H2,1-6H3. The average molecular weight is 449 g/mol. The Hall–Kier alpha value is -0.160. The second-order valence-corrected chi connectivity index (χ2v) is 12.9. The molecule has 4 aliphatic carbocycles. The summed E-state index contributed by atoms with van der Waals surface area (Å²) in [4.78, 5) is 0. The monoisotopic (exact) mass is 448 g/mol.